The molecule has 4 fully saturated rings. The number of benzene rings is 1. The summed E-state index contributed by atoms with van der Waals surface area (Å²) in [6.07, 6.45) is 7.98. The lowest BCUT2D eigenvalue weighted by molar-refractivity contribution is -0.141. The van der Waals surface area contributed by atoms with Gasteiger partial charge in [0, 0.05) is 9.89 Å². The van der Waals surface area contributed by atoms with Crippen molar-refractivity contribution in [3.05, 3.63) is 23.8 Å². The van der Waals surface area contributed by atoms with Crippen LogP contribution in [0.5, 0.6) is 11.5 Å². The van der Waals surface area contributed by atoms with Crippen molar-refractivity contribution in [2.75, 3.05) is 7.11 Å². The topological polar surface area (TPSA) is 35.5 Å². The predicted octanol–water partition coefficient (Wildman–Crippen LogP) is 6.02. The minimum absolute atomic E-state index is 0.0799. The number of esters is 1. The van der Waals surface area contributed by atoms with Gasteiger partial charge in [0.05, 0.1) is 13.5 Å². The zero-order chi connectivity index (χ0) is 19.4. The molecule has 0 spiro atoms. The summed E-state index contributed by atoms with van der Waals surface area (Å²) in [5, 5.41) is 0. The Kier molecular flexibility index (Phi) is 4.65. The van der Waals surface area contributed by atoms with Gasteiger partial charge in [-0.3, -0.25) is 4.79 Å². The molecule has 0 N–H and O–H groups in total. The van der Waals surface area contributed by atoms with Gasteiger partial charge in [-0.2, -0.15) is 0 Å². The van der Waals surface area contributed by atoms with Crippen molar-refractivity contribution in [1.29, 1.82) is 0 Å². The second-order valence-electron chi connectivity index (χ2n) is 10.4. The summed E-state index contributed by atoms with van der Waals surface area (Å²) in [6, 6.07) is 5.74. The fourth-order valence-electron chi connectivity index (χ4n) is 6.32. The minimum Gasteiger partial charge on any atom is -0.497 e. The Hall–Kier alpha value is -1.03. The molecule has 1 aromatic carbocycles. The van der Waals surface area contributed by atoms with Crippen molar-refractivity contribution >= 4 is 21.9 Å². The number of alkyl halides is 1. The van der Waals surface area contributed by atoms with Crippen LogP contribution < -0.4 is 9.47 Å². The van der Waals surface area contributed by atoms with Crippen molar-refractivity contribution < 1.29 is 14.3 Å². The lowest BCUT2D eigenvalue weighted by atomic mass is 9.49. The first kappa shape index (κ1) is 19.3. The first-order valence-electron chi connectivity index (χ1n) is 10.2. The first-order chi connectivity index (χ1) is 12.6. The van der Waals surface area contributed by atoms with Gasteiger partial charge in [0.15, 0.2) is 0 Å². The van der Waals surface area contributed by atoms with Crippen molar-refractivity contribution in [3.8, 4) is 11.5 Å². The van der Waals surface area contributed by atoms with Gasteiger partial charge in [-0.05, 0) is 79.4 Å². The van der Waals surface area contributed by atoms with E-state index in [4.69, 9.17) is 9.47 Å². The third kappa shape index (κ3) is 3.79. The summed E-state index contributed by atoms with van der Waals surface area (Å²) in [5.74, 6) is 2.95. The van der Waals surface area contributed by atoms with Crippen molar-refractivity contribution in [2.24, 2.45) is 17.3 Å². The van der Waals surface area contributed by atoms with E-state index in [-0.39, 0.29) is 21.1 Å². The molecular weight excluding hydrogens is 404 g/mol. The summed E-state index contributed by atoms with van der Waals surface area (Å²) in [4.78, 5) is 13.0. The molecule has 4 bridgehead atoms. The highest BCUT2D eigenvalue weighted by molar-refractivity contribution is 9.10. The Balaban J connectivity index is 1.52. The maximum Gasteiger partial charge on any atom is 0.311 e. The molecule has 0 heterocycles. The molecule has 0 amide bonds. The van der Waals surface area contributed by atoms with Gasteiger partial charge in [-0.15, -0.1) is 0 Å². The van der Waals surface area contributed by atoms with Crippen LogP contribution in [-0.4, -0.2) is 17.4 Å². The number of halogens is 1. The van der Waals surface area contributed by atoms with Gasteiger partial charge in [0.1, 0.15) is 11.5 Å². The van der Waals surface area contributed by atoms with E-state index in [0.29, 0.717) is 12.2 Å². The average Bonchev–Trinajstić information content (AvgIpc) is 2.51. The van der Waals surface area contributed by atoms with Crippen LogP contribution in [0.25, 0.3) is 0 Å². The Morgan fingerprint density at radius 2 is 1.85 bits per heavy atom. The molecule has 3 nitrogen and oxygen atoms in total. The minimum atomic E-state index is -0.120. The first-order valence-corrected chi connectivity index (χ1v) is 11.0. The van der Waals surface area contributed by atoms with Crippen LogP contribution in [0, 0.1) is 17.3 Å². The van der Waals surface area contributed by atoms with E-state index in [1.54, 1.807) is 7.11 Å². The van der Waals surface area contributed by atoms with E-state index in [9.17, 15) is 4.79 Å². The number of carbonyl (C=O) groups is 1. The van der Waals surface area contributed by atoms with Gasteiger partial charge in [0.25, 0.3) is 0 Å². The second-order valence-corrected chi connectivity index (χ2v) is 12.1. The molecule has 1 aromatic rings. The molecule has 0 aliphatic heterocycles. The second kappa shape index (κ2) is 6.50. The van der Waals surface area contributed by atoms with E-state index in [1.807, 2.05) is 18.2 Å². The van der Waals surface area contributed by atoms with E-state index < -0.39 is 0 Å². The quantitative estimate of drug-likeness (QED) is 0.330. The molecule has 4 saturated carbocycles. The van der Waals surface area contributed by atoms with Crippen molar-refractivity contribution in [1.82, 2.24) is 0 Å². The molecule has 4 heteroatoms. The zero-order valence-electron chi connectivity index (χ0n) is 16.9. The maximum atomic E-state index is 13.0. The van der Waals surface area contributed by atoms with Gasteiger partial charge >= 0.3 is 5.97 Å². The number of rotatable bonds is 4. The number of methoxy groups -OCH3 is 1. The van der Waals surface area contributed by atoms with Crippen LogP contribution in [0.15, 0.2) is 18.2 Å². The van der Waals surface area contributed by atoms with E-state index in [0.717, 1.165) is 29.6 Å². The van der Waals surface area contributed by atoms with E-state index in [2.05, 4.69) is 36.7 Å². The Bertz CT molecular complexity index is 734. The Morgan fingerprint density at radius 3 is 2.41 bits per heavy atom. The van der Waals surface area contributed by atoms with E-state index >= 15 is 0 Å². The molecule has 0 aromatic heterocycles. The van der Waals surface area contributed by atoms with E-state index in [1.165, 1.54) is 32.1 Å². The third-order valence-corrected chi connectivity index (χ3v) is 7.78. The zero-order valence-corrected chi connectivity index (χ0v) is 18.5. The largest absolute Gasteiger partial charge is 0.497 e. The van der Waals surface area contributed by atoms with Crippen molar-refractivity contribution in [3.63, 3.8) is 0 Å². The molecule has 5 rings (SSSR count). The van der Waals surface area contributed by atoms with Gasteiger partial charge in [-0.1, -0.05) is 36.7 Å². The summed E-state index contributed by atoms with van der Waals surface area (Å²) in [7, 11) is 1.66. The molecule has 148 valence electrons. The van der Waals surface area contributed by atoms with Crippen LogP contribution in [-0.2, 0) is 10.2 Å². The number of hydrogen-bond acceptors (Lipinski definition) is 3. The highest BCUT2D eigenvalue weighted by atomic mass is 79.9. The predicted molar refractivity (Wildman–Crippen MR) is 111 cm³/mol. The van der Waals surface area contributed by atoms with Crippen LogP contribution in [0.3, 0.4) is 0 Å². The SMILES string of the molecule is COc1ccc(OC(=O)CC23C[C@H]4C[C@@H](CC(Br)(C4)C2)C3)c(C(C)(C)C)c1. The molecule has 0 saturated heterocycles. The molecule has 0 radical (unpaired) electrons. The van der Waals surface area contributed by atoms with Gasteiger partial charge in [-0.25, -0.2) is 0 Å². The Labute approximate surface area is 171 Å². The van der Waals surface area contributed by atoms with Crippen LogP contribution >= 0.6 is 15.9 Å². The van der Waals surface area contributed by atoms with Gasteiger partial charge in [0.2, 0.25) is 0 Å². The highest BCUT2D eigenvalue weighted by Gasteiger charge is 2.57. The summed E-state index contributed by atoms with van der Waals surface area (Å²) < 4.78 is 11.6. The van der Waals surface area contributed by atoms with Crippen LogP contribution in [0.4, 0.5) is 0 Å². The maximum absolute atomic E-state index is 13.0. The summed E-state index contributed by atoms with van der Waals surface area (Å²) >= 11 is 4.04. The molecule has 0 unspecified atom stereocenters. The van der Waals surface area contributed by atoms with Crippen LogP contribution in [0.1, 0.15) is 71.3 Å². The lowest BCUT2D eigenvalue weighted by Gasteiger charge is -2.60. The molecule has 27 heavy (non-hydrogen) atoms. The summed E-state index contributed by atoms with van der Waals surface area (Å²) in [6.45, 7) is 6.40. The highest BCUT2D eigenvalue weighted by Crippen LogP contribution is 2.65. The molecule has 2 atom stereocenters. The smallest absolute Gasteiger partial charge is 0.311 e. The average molecular weight is 435 g/mol. The molecular formula is C23H31BrO3. The lowest BCUT2D eigenvalue weighted by Crippen LogP contribution is -2.53. The third-order valence-electron chi connectivity index (χ3n) is 6.85. The normalized spacial score (nSPS) is 34.6. The number of hydrogen-bond donors (Lipinski definition) is 0. The molecule has 4 aliphatic rings. The fraction of sp³-hybridized carbons (Fsp3) is 0.696. The Morgan fingerprint density at radius 1 is 1.19 bits per heavy atom. The standard InChI is InChI=1S/C23H31BrO3/c1-21(2,3)18-8-17(26-4)5-6-19(18)27-20(25)13-22-9-15-7-16(10-22)12-23(24,11-15)14-22/h5-6,8,15-16H,7,9-14H2,1-4H3/t15-,16-,22?,23?/m1/s1. The molecule has 4 aliphatic carbocycles. The monoisotopic (exact) mass is 434 g/mol. The number of ether oxygens (including phenoxy) is 2. The fourth-order valence-corrected chi connectivity index (χ4v) is 7.83. The summed E-state index contributed by atoms with van der Waals surface area (Å²) in [5.41, 5.74) is 1.03. The van der Waals surface area contributed by atoms with Gasteiger partial charge < -0.3 is 9.47 Å². The number of carbonyl (C=O) groups excluding carboxylic acids is 1. The van der Waals surface area contributed by atoms with Crippen LogP contribution in [0.2, 0.25) is 0 Å². The van der Waals surface area contributed by atoms with Crippen molar-refractivity contribution in [2.45, 2.75) is 75.5 Å².